The largest absolute Gasteiger partial charge is 0.493 e. The zero-order valence-corrected chi connectivity index (χ0v) is 10.8. The van der Waals surface area contributed by atoms with Crippen molar-refractivity contribution < 1.29 is 23.7 Å². The highest BCUT2D eigenvalue weighted by molar-refractivity contribution is 5.90. The zero-order valence-electron chi connectivity index (χ0n) is 10.8. The first-order valence-corrected chi connectivity index (χ1v) is 5.52. The monoisotopic (exact) mass is 252 g/mol. The summed E-state index contributed by atoms with van der Waals surface area (Å²) >= 11 is 0. The normalized spacial score (nSPS) is 12.5. The number of benzene rings is 1. The van der Waals surface area contributed by atoms with Crippen LogP contribution in [-0.2, 0) is 0 Å². The molecule has 98 valence electrons. The van der Waals surface area contributed by atoms with Crippen molar-refractivity contribution in [3.8, 4) is 17.2 Å². The van der Waals surface area contributed by atoms with Crippen molar-refractivity contribution in [2.24, 2.45) is 0 Å². The van der Waals surface area contributed by atoms with E-state index in [9.17, 15) is 5.11 Å². The Morgan fingerprint density at radius 1 is 1.06 bits per heavy atom. The summed E-state index contributed by atoms with van der Waals surface area (Å²) < 4.78 is 21.4. The topological polar surface area (TPSA) is 61.1 Å². The van der Waals surface area contributed by atoms with Crippen LogP contribution in [-0.4, -0.2) is 26.4 Å². The fraction of sp³-hybridized carbons (Fsp3) is 0.385. The summed E-state index contributed by atoms with van der Waals surface area (Å²) in [4.78, 5) is 0. The second-order valence-corrected chi connectivity index (χ2v) is 3.88. The SMILES string of the molecule is COc1cc2oc(C(C)O)cc2c(OC)c1OC. The molecule has 0 spiro atoms. The van der Waals surface area contributed by atoms with Crippen LogP contribution < -0.4 is 14.2 Å². The summed E-state index contributed by atoms with van der Waals surface area (Å²) in [5.41, 5.74) is 0.584. The Hall–Kier alpha value is -1.88. The Bertz CT molecular complexity index is 556. The van der Waals surface area contributed by atoms with Crippen LogP contribution >= 0.6 is 0 Å². The molecule has 5 heteroatoms. The van der Waals surface area contributed by atoms with E-state index in [1.54, 1.807) is 40.4 Å². The van der Waals surface area contributed by atoms with E-state index in [0.717, 1.165) is 5.39 Å². The van der Waals surface area contributed by atoms with Crippen molar-refractivity contribution >= 4 is 11.0 Å². The van der Waals surface area contributed by atoms with Gasteiger partial charge >= 0.3 is 0 Å². The molecule has 2 aromatic rings. The lowest BCUT2D eigenvalue weighted by molar-refractivity contribution is 0.172. The van der Waals surface area contributed by atoms with Crippen molar-refractivity contribution in [3.63, 3.8) is 0 Å². The number of hydrogen-bond donors (Lipinski definition) is 1. The van der Waals surface area contributed by atoms with Gasteiger partial charge in [-0.3, -0.25) is 0 Å². The van der Waals surface area contributed by atoms with Crippen LogP contribution in [0.1, 0.15) is 18.8 Å². The van der Waals surface area contributed by atoms with Crippen LogP contribution in [0, 0.1) is 0 Å². The van der Waals surface area contributed by atoms with E-state index >= 15 is 0 Å². The van der Waals surface area contributed by atoms with E-state index in [-0.39, 0.29) is 0 Å². The van der Waals surface area contributed by atoms with E-state index in [4.69, 9.17) is 18.6 Å². The molecule has 0 saturated carbocycles. The summed E-state index contributed by atoms with van der Waals surface area (Å²) in [5.74, 6) is 2.03. The summed E-state index contributed by atoms with van der Waals surface area (Å²) in [6.07, 6.45) is -0.681. The average molecular weight is 252 g/mol. The standard InChI is InChI=1S/C13H16O5/c1-7(14)9-5-8-10(18-9)6-11(15-2)13(17-4)12(8)16-3/h5-7,14H,1-4H3. The van der Waals surface area contributed by atoms with Gasteiger partial charge in [-0.25, -0.2) is 0 Å². The smallest absolute Gasteiger partial charge is 0.204 e. The minimum absolute atomic E-state index is 0.471. The molecule has 0 amide bonds. The Balaban J connectivity index is 2.75. The number of ether oxygens (including phenoxy) is 3. The van der Waals surface area contributed by atoms with Crippen molar-refractivity contribution in [2.75, 3.05) is 21.3 Å². The quantitative estimate of drug-likeness (QED) is 0.905. The molecule has 0 aliphatic carbocycles. The van der Waals surface area contributed by atoms with E-state index in [2.05, 4.69) is 0 Å². The van der Waals surface area contributed by atoms with Gasteiger partial charge in [0.1, 0.15) is 17.4 Å². The molecular weight excluding hydrogens is 236 g/mol. The third kappa shape index (κ3) is 1.86. The molecule has 0 fully saturated rings. The maximum absolute atomic E-state index is 9.54. The van der Waals surface area contributed by atoms with Crippen molar-refractivity contribution in [3.05, 3.63) is 17.9 Å². The van der Waals surface area contributed by atoms with E-state index in [1.165, 1.54) is 0 Å². The minimum Gasteiger partial charge on any atom is -0.493 e. The van der Waals surface area contributed by atoms with Gasteiger partial charge < -0.3 is 23.7 Å². The third-order valence-corrected chi connectivity index (χ3v) is 2.76. The molecule has 2 rings (SSSR count). The first kappa shape index (κ1) is 12.6. The summed E-state index contributed by atoms with van der Waals surface area (Å²) in [5, 5.41) is 10.3. The molecule has 0 radical (unpaired) electrons. The predicted octanol–water partition coefficient (Wildman–Crippen LogP) is 2.51. The van der Waals surface area contributed by atoms with Crippen LogP contribution in [0.2, 0.25) is 0 Å². The molecule has 1 aromatic heterocycles. The Labute approximate surface area is 105 Å². The van der Waals surface area contributed by atoms with Crippen LogP contribution in [0.5, 0.6) is 17.2 Å². The average Bonchev–Trinajstić information content (AvgIpc) is 2.79. The Morgan fingerprint density at radius 3 is 2.22 bits per heavy atom. The van der Waals surface area contributed by atoms with Gasteiger partial charge in [-0.15, -0.1) is 0 Å². The second kappa shape index (κ2) is 4.78. The zero-order chi connectivity index (χ0) is 13.3. The second-order valence-electron chi connectivity index (χ2n) is 3.88. The maximum atomic E-state index is 9.54. The van der Waals surface area contributed by atoms with E-state index in [0.29, 0.717) is 28.6 Å². The summed E-state index contributed by atoms with van der Waals surface area (Å²) in [7, 11) is 4.63. The molecule has 1 N–H and O–H groups in total. The number of furan rings is 1. The number of rotatable bonds is 4. The fourth-order valence-electron chi connectivity index (χ4n) is 1.88. The van der Waals surface area contributed by atoms with E-state index in [1.807, 2.05) is 0 Å². The van der Waals surface area contributed by atoms with Gasteiger partial charge in [0.05, 0.1) is 26.7 Å². The van der Waals surface area contributed by atoms with Gasteiger partial charge in [0.25, 0.3) is 0 Å². The fourth-order valence-corrected chi connectivity index (χ4v) is 1.88. The Kier molecular flexibility index (Phi) is 3.34. The van der Waals surface area contributed by atoms with Crippen molar-refractivity contribution in [2.45, 2.75) is 13.0 Å². The Morgan fingerprint density at radius 2 is 1.72 bits per heavy atom. The molecule has 18 heavy (non-hydrogen) atoms. The van der Waals surface area contributed by atoms with Gasteiger partial charge in [0.2, 0.25) is 5.75 Å². The molecule has 5 nitrogen and oxygen atoms in total. The molecule has 0 saturated heterocycles. The lowest BCUT2D eigenvalue weighted by Gasteiger charge is -2.12. The number of hydrogen-bond acceptors (Lipinski definition) is 5. The highest BCUT2D eigenvalue weighted by Crippen LogP contribution is 2.44. The van der Waals surface area contributed by atoms with Crippen LogP contribution in [0.25, 0.3) is 11.0 Å². The molecule has 0 aliphatic heterocycles. The first-order chi connectivity index (χ1) is 8.62. The van der Waals surface area contributed by atoms with E-state index < -0.39 is 6.10 Å². The van der Waals surface area contributed by atoms with Gasteiger partial charge in [0.15, 0.2) is 11.5 Å². The van der Waals surface area contributed by atoms with Gasteiger partial charge in [-0.1, -0.05) is 0 Å². The predicted molar refractivity (Wildman–Crippen MR) is 66.5 cm³/mol. The number of aliphatic hydroxyl groups excluding tert-OH is 1. The number of methoxy groups -OCH3 is 3. The summed E-state index contributed by atoms with van der Waals surface area (Å²) in [6, 6.07) is 3.45. The van der Waals surface area contributed by atoms with Gasteiger partial charge in [0, 0.05) is 6.07 Å². The molecule has 1 unspecified atom stereocenters. The molecule has 0 bridgehead atoms. The lowest BCUT2D eigenvalue weighted by atomic mass is 10.2. The van der Waals surface area contributed by atoms with Crippen LogP contribution in [0.4, 0.5) is 0 Å². The molecule has 1 atom stereocenters. The first-order valence-electron chi connectivity index (χ1n) is 5.52. The third-order valence-electron chi connectivity index (χ3n) is 2.76. The van der Waals surface area contributed by atoms with Gasteiger partial charge in [-0.05, 0) is 13.0 Å². The van der Waals surface area contributed by atoms with Crippen molar-refractivity contribution in [1.29, 1.82) is 0 Å². The van der Waals surface area contributed by atoms with Crippen LogP contribution in [0.3, 0.4) is 0 Å². The molecular formula is C13H16O5. The van der Waals surface area contributed by atoms with Crippen LogP contribution in [0.15, 0.2) is 16.5 Å². The lowest BCUT2D eigenvalue weighted by Crippen LogP contribution is -1.94. The molecule has 0 aliphatic rings. The molecule has 1 heterocycles. The highest BCUT2D eigenvalue weighted by Gasteiger charge is 2.20. The number of fused-ring (bicyclic) bond motifs is 1. The summed E-state index contributed by atoms with van der Waals surface area (Å²) in [6.45, 7) is 1.64. The van der Waals surface area contributed by atoms with Gasteiger partial charge in [-0.2, -0.15) is 0 Å². The molecule has 1 aromatic carbocycles. The van der Waals surface area contributed by atoms with Crippen molar-refractivity contribution in [1.82, 2.24) is 0 Å². The maximum Gasteiger partial charge on any atom is 0.204 e. The number of aliphatic hydroxyl groups is 1. The highest BCUT2D eigenvalue weighted by atomic mass is 16.5. The minimum atomic E-state index is -0.681.